The summed E-state index contributed by atoms with van der Waals surface area (Å²) in [5.41, 5.74) is 5.19. The molecule has 1 aromatic heterocycles. The predicted molar refractivity (Wildman–Crippen MR) is 57.0 cm³/mol. The first-order valence-electron chi connectivity index (χ1n) is 4.92. The molecule has 5 nitrogen and oxygen atoms in total. The van der Waals surface area contributed by atoms with E-state index < -0.39 is 0 Å². The van der Waals surface area contributed by atoms with Crippen molar-refractivity contribution in [1.82, 2.24) is 4.57 Å². The average molecular weight is 212 g/mol. The Morgan fingerprint density at radius 2 is 2.33 bits per heavy atom. The fraction of sp³-hybridized carbons (Fsp3) is 0.500. The molecule has 5 heteroatoms. The van der Waals surface area contributed by atoms with Gasteiger partial charge in [0.05, 0.1) is 6.61 Å². The van der Waals surface area contributed by atoms with Gasteiger partial charge in [-0.15, -0.1) is 0 Å². The molecule has 0 radical (unpaired) electrons. The number of rotatable bonds is 6. The van der Waals surface area contributed by atoms with Crippen molar-refractivity contribution in [2.45, 2.75) is 13.0 Å². The zero-order valence-corrected chi connectivity index (χ0v) is 8.56. The lowest BCUT2D eigenvalue weighted by atomic mass is 10.4. The summed E-state index contributed by atoms with van der Waals surface area (Å²) in [6.07, 6.45) is 2.19. The first-order chi connectivity index (χ1) is 7.29. The largest absolute Gasteiger partial charge is 0.488 e. The molecular weight excluding hydrogens is 196 g/mol. The van der Waals surface area contributed by atoms with Gasteiger partial charge in [-0.2, -0.15) is 0 Å². The van der Waals surface area contributed by atoms with Gasteiger partial charge in [-0.25, -0.2) is 0 Å². The number of ether oxygens (including phenoxy) is 1. The second kappa shape index (κ2) is 6.21. The quantitative estimate of drug-likeness (QED) is 0.627. The highest BCUT2D eigenvalue weighted by Gasteiger charge is 2.02. The second-order valence-electron chi connectivity index (χ2n) is 3.09. The Hall–Kier alpha value is -1.33. The third-order valence-corrected chi connectivity index (χ3v) is 1.92. The maximum absolute atomic E-state index is 11.7. The molecule has 0 aliphatic carbocycles. The smallest absolute Gasteiger partial charge is 0.292 e. The summed E-state index contributed by atoms with van der Waals surface area (Å²) in [5.74, 6) is 0.305. The Morgan fingerprint density at radius 1 is 1.53 bits per heavy atom. The molecule has 0 aromatic carbocycles. The number of pyridine rings is 1. The molecule has 0 aliphatic heterocycles. The van der Waals surface area contributed by atoms with Crippen LogP contribution in [0.5, 0.6) is 5.75 Å². The Balaban J connectivity index is 2.71. The van der Waals surface area contributed by atoms with E-state index in [4.69, 9.17) is 15.6 Å². The monoisotopic (exact) mass is 212 g/mol. The minimum Gasteiger partial charge on any atom is -0.488 e. The normalized spacial score (nSPS) is 10.3. The van der Waals surface area contributed by atoms with Crippen LogP contribution in [0, 0.1) is 0 Å². The van der Waals surface area contributed by atoms with Crippen molar-refractivity contribution in [2.24, 2.45) is 5.73 Å². The van der Waals surface area contributed by atoms with Gasteiger partial charge < -0.3 is 20.1 Å². The molecular formula is C10H16N2O3. The summed E-state index contributed by atoms with van der Waals surface area (Å²) in [6, 6.07) is 3.36. The van der Waals surface area contributed by atoms with Crippen molar-refractivity contribution in [3.8, 4) is 5.75 Å². The second-order valence-corrected chi connectivity index (χ2v) is 3.09. The Bertz CT molecular complexity index is 349. The maximum Gasteiger partial charge on any atom is 0.292 e. The number of aromatic nitrogens is 1. The lowest BCUT2D eigenvalue weighted by molar-refractivity contribution is 0.231. The zero-order chi connectivity index (χ0) is 11.1. The molecule has 0 bridgehead atoms. The van der Waals surface area contributed by atoms with Gasteiger partial charge in [0.25, 0.3) is 5.56 Å². The number of nitrogens with two attached hydrogens (primary N) is 1. The molecule has 0 aliphatic rings. The van der Waals surface area contributed by atoms with E-state index in [-0.39, 0.29) is 12.2 Å². The van der Waals surface area contributed by atoms with Crippen molar-refractivity contribution in [3.63, 3.8) is 0 Å². The Labute approximate surface area is 88.1 Å². The van der Waals surface area contributed by atoms with Gasteiger partial charge in [0, 0.05) is 32.3 Å². The van der Waals surface area contributed by atoms with Gasteiger partial charge in [-0.1, -0.05) is 0 Å². The van der Waals surface area contributed by atoms with Gasteiger partial charge in [0.15, 0.2) is 5.75 Å². The number of hydrogen-bond acceptors (Lipinski definition) is 4. The highest BCUT2D eigenvalue weighted by Crippen LogP contribution is 2.02. The first-order valence-corrected chi connectivity index (χ1v) is 4.92. The minimum atomic E-state index is -0.180. The lowest BCUT2D eigenvalue weighted by Gasteiger charge is -2.07. The molecule has 0 saturated heterocycles. The fourth-order valence-electron chi connectivity index (χ4n) is 1.19. The van der Waals surface area contributed by atoms with Gasteiger partial charge in [-0.05, 0) is 12.1 Å². The van der Waals surface area contributed by atoms with Crippen molar-refractivity contribution < 1.29 is 9.84 Å². The van der Waals surface area contributed by atoms with E-state index in [0.29, 0.717) is 31.9 Å². The minimum absolute atomic E-state index is 0.0593. The van der Waals surface area contributed by atoms with Crippen molar-refractivity contribution >= 4 is 0 Å². The molecule has 15 heavy (non-hydrogen) atoms. The maximum atomic E-state index is 11.7. The van der Waals surface area contributed by atoms with E-state index >= 15 is 0 Å². The topological polar surface area (TPSA) is 77.5 Å². The molecule has 0 unspecified atom stereocenters. The SMILES string of the molecule is NCCn1cccc(OCCCO)c1=O. The average Bonchev–Trinajstić information content (AvgIpc) is 2.24. The molecule has 1 heterocycles. The first kappa shape index (κ1) is 11.7. The summed E-state index contributed by atoms with van der Waals surface area (Å²) in [5, 5.41) is 8.57. The highest BCUT2D eigenvalue weighted by molar-refractivity contribution is 5.17. The third kappa shape index (κ3) is 3.38. The highest BCUT2D eigenvalue weighted by atomic mass is 16.5. The van der Waals surface area contributed by atoms with E-state index in [2.05, 4.69) is 0 Å². The molecule has 3 N–H and O–H groups in total. The summed E-state index contributed by atoms with van der Waals surface area (Å²) in [6.45, 7) is 1.30. The van der Waals surface area contributed by atoms with Crippen molar-refractivity contribution in [2.75, 3.05) is 19.8 Å². The zero-order valence-electron chi connectivity index (χ0n) is 8.56. The summed E-state index contributed by atoms with van der Waals surface area (Å²) in [7, 11) is 0. The van der Waals surface area contributed by atoms with E-state index in [9.17, 15) is 4.79 Å². The summed E-state index contributed by atoms with van der Waals surface area (Å²) >= 11 is 0. The van der Waals surface area contributed by atoms with Crippen LogP contribution in [0.25, 0.3) is 0 Å². The van der Waals surface area contributed by atoms with Gasteiger partial charge in [0.2, 0.25) is 0 Å². The van der Waals surface area contributed by atoms with E-state index in [0.717, 1.165) is 0 Å². The Morgan fingerprint density at radius 3 is 3.00 bits per heavy atom. The lowest BCUT2D eigenvalue weighted by Crippen LogP contribution is -2.24. The van der Waals surface area contributed by atoms with Crippen LogP contribution in [-0.4, -0.2) is 29.4 Å². The molecule has 84 valence electrons. The third-order valence-electron chi connectivity index (χ3n) is 1.92. The Kier molecular flexibility index (Phi) is 4.86. The van der Waals surface area contributed by atoms with Crippen molar-refractivity contribution in [3.05, 3.63) is 28.7 Å². The number of aliphatic hydroxyl groups is 1. The van der Waals surface area contributed by atoms with Crippen LogP contribution in [0.1, 0.15) is 6.42 Å². The molecule has 0 spiro atoms. The molecule has 1 rings (SSSR count). The van der Waals surface area contributed by atoms with Crippen LogP contribution >= 0.6 is 0 Å². The van der Waals surface area contributed by atoms with E-state index in [1.54, 1.807) is 18.3 Å². The van der Waals surface area contributed by atoms with E-state index in [1.165, 1.54) is 4.57 Å². The fourth-order valence-corrected chi connectivity index (χ4v) is 1.19. The van der Waals surface area contributed by atoms with Gasteiger partial charge in [-0.3, -0.25) is 4.79 Å². The van der Waals surface area contributed by atoms with Crippen LogP contribution in [-0.2, 0) is 6.54 Å². The number of hydrogen-bond donors (Lipinski definition) is 2. The predicted octanol–water partition coefficient (Wildman–Crippen LogP) is -0.432. The van der Waals surface area contributed by atoms with Crippen molar-refractivity contribution in [1.29, 1.82) is 0 Å². The van der Waals surface area contributed by atoms with Crippen LogP contribution in [0.4, 0.5) is 0 Å². The molecule has 0 saturated carbocycles. The van der Waals surface area contributed by atoms with Crippen LogP contribution < -0.4 is 16.0 Å². The summed E-state index contributed by atoms with van der Waals surface area (Å²) < 4.78 is 6.74. The molecule has 0 atom stereocenters. The standard InChI is InChI=1S/C10H16N2O3/c11-4-6-12-5-1-3-9(10(12)14)15-8-2-7-13/h1,3,5,13H,2,4,6-8,11H2. The van der Waals surface area contributed by atoms with Crippen LogP contribution in [0.2, 0.25) is 0 Å². The van der Waals surface area contributed by atoms with Gasteiger partial charge >= 0.3 is 0 Å². The van der Waals surface area contributed by atoms with Crippen LogP contribution in [0.3, 0.4) is 0 Å². The number of nitrogens with zero attached hydrogens (tertiary/aromatic N) is 1. The van der Waals surface area contributed by atoms with Gasteiger partial charge in [0.1, 0.15) is 0 Å². The molecule has 1 aromatic rings. The summed E-state index contributed by atoms with van der Waals surface area (Å²) in [4.78, 5) is 11.7. The van der Waals surface area contributed by atoms with E-state index in [1.807, 2.05) is 0 Å². The molecule has 0 amide bonds. The molecule has 0 fully saturated rings. The van der Waals surface area contributed by atoms with Crippen LogP contribution in [0.15, 0.2) is 23.1 Å². The number of aliphatic hydroxyl groups excluding tert-OH is 1.